The fourth-order valence-corrected chi connectivity index (χ4v) is 4.04. The predicted octanol–water partition coefficient (Wildman–Crippen LogP) is 6.48. The molecule has 3 aromatic rings. The minimum Gasteiger partial charge on any atom is -0.350 e. The number of rotatable bonds is 4. The second kappa shape index (κ2) is 8.49. The zero-order valence-corrected chi connectivity index (χ0v) is 19.6. The molecule has 1 aliphatic heterocycles. The molecule has 168 valence electrons. The van der Waals surface area contributed by atoms with Crippen LogP contribution in [0.15, 0.2) is 72.4 Å². The Morgan fingerprint density at radius 1 is 0.879 bits per heavy atom. The highest BCUT2D eigenvalue weighted by molar-refractivity contribution is 6.46. The Labute approximate surface area is 197 Å². The standard InChI is InChI=1S/C27H24ClFN2O2/c1-16-15-19(28)9-14-22(16)31-25(32)23(17-5-10-20(29)11-6-17)24(26(31)33)30-21-12-7-18(8-13-21)27(2,3)4/h5-15,30H,1-4H3. The fourth-order valence-electron chi connectivity index (χ4n) is 3.82. The summed E-state index contributed by atoms with van der Waals surface area (Å²) in [6.07, 6.45) is 0. The van der Waals surface area contributed by atoms with E-state index in [2.05, 4.69) is 26.1 Å². The van der Waals surface area contributed by atoms with Gasteiger partial charge in [-0.25, -0.2) is 9.29 Å². The van der Waals surface area contributed by atoms with Crippen molar-refractivity contribution in [3.63, 3.8) is 0 Å². The van der Waals surface area contributed by atoms with Crippen LogP contribution in [0.4, 0.5) is 15.8 Å². The third-order valence-corrected chi connectivity index (χ3v) is 5.87. The van der Waals surface area contributed by atoms with Crippen LogP contribution >= 0.6 is 11.6 Å². The smallest absolute Gasteiger partial charge is 0.282 e. The number of carbonyl (C=O) groups is 2. The summed E-state index contributed by atoms with van der Waals surface area (Å²) >= 11 is 6.07. The predicted molar refractivity (Wildman–Crippen MR) is 131 cm³/mol. The Balaban J connectivity index is 1.79. The zero-order chi connectivity index (χ0) is 23.9. The molecule has 33 heavy (non-hydrogen) atoms. The summed E-state index contributed by atoms with van der Waals surface area (Å²) in [5.74, 6) is -1.38. The van der Waals surface area contributed by atoms with E-state index >= 15 is 0 Å². The van der Waals surface area contributed by atoms with Gasteiger partial charge >= 0.3 is 0 Å². The highest BCUT2D eigenvalue weighted by Gasteiger charge is 2.40. The molecule has 0 saturated heterocycles. The fraction of sp³-hybridized carbons (Fsp3) is 0.185. The van der Waals surface area contributed by atoms with Gasteiger partial charge in [-0.2, -0.15) is 0 Å². The molecule has 0 aromatic heterocycles. The summed E-state index contributed by atoms with van der Waals surface area (Å²) < 4.78 is 13.6. The molecular formula is C27H24ClFN2O2. The molecule has 4 nitrogen and oxygen atoms in total. The molecule has 0 radical (unpaired) electrons. The summed E-state index contributed by atoms with van der Waals surface area (Å²) in [6, 6.07) is 18.3. The van der Waals surface area contributed by atoms with Crippen molar-refractivity contribution < 1.29 is 14.0 Å². The van der Waals surface area contributed by atoms with E-state index in [9.17, 15) is 14.0 Å². The lowest BCUT2D eigenvalue weighted by Crippen LogP contribution is -2.33. The lowest BCUT2D eigenvalue weighted by Gasteiger charge is -2.20. The van der Waals surface area contributed by atoms with Gasteiger partial charge in [0.2, 0.25) is 0 Å². The number of nitrogens with one attached hydrogen (secondary N) is 1. The number of anilines is 2. The Bertz CT molecular complexity index is 1270. The van der Waals surface area contributed by atoms with E-state index in [1.54, 1.807) is 25.1 Å². The monoisotopic (exact) mass is 462 g/mol. The molecule has 0 atom stereocenters. The number of hydrogen-bond donors (Lipinski definition) is 1. The molecule has 3 aromatic carbocycles. The van der Waals surface area contributed by atoms with Crippen LogP contribution in [-0.2, 0) is 15.0 Å². The lowest BCUT2D eigenvalue weighted by atomic mass is 9.87. The van der Waals surface area contributed by atoms with Crippen molar-refractivity contribution in [1.82, 2.24) is 0 Å². The van der Waals surface area contributed by atoms with Crippen molar-refractivity contribution in [2.75, 3.05) is 10.2 Å². The Hall–Kier alpha value is -3.44. The number of nitrogens with zero attached hydrogens (tertiary/aromatic N) is 1. The first-order valence-electron chi connectivity index (χ1n) is 10.6. The number of amides is 2. The van der Waals surface area contributed by atoms with Gasteiger partial charge in [0.1, 0.15) is 11.5 Å². The van der Waals surface area contributed by atoms with E-state index in [0.29, 0.717) is 27.5 Å². The van der Waals surface area contributed by atoms with Crippen molar-refractivity contribution in [3.05, 3.63) is 100.0 Å². The minimum atomic E-state index is -0.482. The maximum atomic E-state index is 13.6. The van der Waals surface area contributed by atoms with Crippen molar-refractivity contribution >= 4 is 40.4 Å². The lowest BCUT2D eigenvalue weighted by molar-refractivity contribution is -0.120. The first-order valence-corrected chi connectivity index (χ1v) is 11.0. The van der Waals surface area contributed by atoms with Gasteiger partial charge in [0.05, 0.1) is 11.3 Å². The zero-order valence-electron chi connectivity index (χ0n) is 18.9. The second-order valence-electron chi connectivity index (χ2n) is 9.09. The van der Waals surface area contributed by atoms with Gasteiger partial charge in [0.25, 0.3) is 11.8 Å². The molecule has 0 spiro atoms. The average molecular weight is 463 g/mol. The van der Waals surface area contributed by atoms with Crippen LogP contribution in [0.2, 0.25) is 5.02 Å². The summed E-state index contributed by atoms with van der Waals surface area (Å²) in [4.78, 5) is 28.2. The summed E-state index contributed by atoms with van der Waals surface area (Å²) in [5, 5.41) is 3.65. The van der Waals surface area contributed by atoms with Gasteiger partial charge in [-0.1, -0.05) is 56.6 Å². The quantitative estimate of drug-likeness (QED) is 0.451. The molecule has 0 saturated carbocycles. The largest absolute Gasteiger partial charge is 0.350 e. The summed E-state index contributed by atoms with van der Waals surface area (Å²) in [6.45, 7) is 8.15. The van der Waals surface area contributed by atoms with Gasteiger partial charge in [0.15, 0.2) is 0 Å². The Kier molecular flexibility index (Phi) is 5.85. The molecule has 1 heterocycles. The van der Waals surface area contributed by atoms with Crippen LogP contribution in [0.3, 0.4) is 0 Å². The Morgan fingerprint density at radius 3 is 2.09 bits per heavy atom. The molecule has 0 bridgehead atoms. The van der Waals surface area contributed by atoms with Crippen molar-refractivity contribution in [1.29, 1.82) is 0 Å². The summed E-state index contributed by atoms with van der Waals surface area (Å²) in [5.41, 5.74) is 3.74. The first-order chi connectivity index (χ1) is 15.6. The van der Waals surface area contributed by atoms with Crippen LogP contribution in [-0.4, -0.2) is 11.8 Å². The van der Waals surface area contributed by atoms with Crippen LogP contribution < -0.4 is 10.2 Å². The highest BCUT2D eigenvalue weighted by Crippen LogP contribution is 2.36. The normalized spacial score (nSPS) is 14.3. The second-order valence-corrected chi connectivity index (χ2v) is 9.52. The Morgan fingerprint density at radius 2 is 1.52 bits per heavy atom. The van der Waals surface area contributed by atoms with Gasteiger partial charge in [-0.15, -0.1) is 0 Å². The minimum absolute atomic E-state index is 0.0148. The molecule has 0 unspecified atom stereocenters. The average Bonchev–Trinajstić information content (AvgIpc) is 2.98. The first kappa shape index (κ1) is 22.7. The van der Waals surface area contributed by atoms with Gasteiger partial charge in [-0.05, 0) is 71.5 Å². The van der Waals surface area contributed by atoms with E-state index in [4.69, 9.17) is 11.6 Å². The van der Waals surface area contributed by atoms with Crippen LogP contribution in [0.1, 0.15) is 37.5 Å². The number of benzene rings is 3. The van der Waals surface area contributed by atoms with Crippen molar-refractivity contribution in [2.24, 2.45) is 0 Å². The number of imide groups is 1. The highest BCUT2D eigenvalue weighted by atomic mass is 35.5. The maximum Gasteiger partial charge on any atom is 0.282 e. The van der Waals surface area contributed by atoms with Crippen LogP contribution in [0.25, 0.3) is 5.57 Å². The van der Waals surface area contributed by atoms with Crippen molar-refractivity contribution in [2.45, 2.75) is 33.1 Å². The molecular weight excluding hydrogens is 439 g/mol. The number of carbonyl (C=O) groups excluding carboxylic acids is 2. The van der Waals surface area contributed by atoms with E-state index in [0.717, 1.165) is 10.5 Å². The van der Waals surface area contributed by atoms with Gasteiger partial charge in [-0.3, -0.25) is 9.59 Å². The molecule has 0 fully saturated rings. The molecule has 2 amide bonds. The van der Waals surface area contributed by atoms with Gasteiger partial charge < -0.3 is 5.32 Å². The van der Waals surface area contributed by atoms with Crippen LogP contribution in [0.5, 0.6) is 0 Å². The molecule has 1 aliphatic rings. The SMILES string of the molecule is Cc1cc(Cl)ccc1N1C(=O)C(Nc2ccc(C(C)(C)C)cc2)=C(c2ccc(F)cc2)C1=O. The molecule has 6 heteroatoms. The molecule has 4 rings (SSSR count). The number of aryl methyl sites for hydroxylation is 1. The van der Waals surface area contributed by atoms with Crippen molar-refractivity contribution in [3.8, 4) is 0 Å². The van der Waals surface area contributed by atoms with Gasteiger partial charge in [0, 0.05) is 10.7 Å². The summed E-state index contributed by atoms with van der Waals surface area (Å²) in [7, 11) is 0. The third-order valence-electron chi connectivity index (χ3n) is 5.64. The van der Waals surface area contributed by atoms with E-state index in [1.165, 1.54) is 24.3 Å². The maximum absolute atomic E-state index is 13.6. The molecule has 1 N–H and O–H groups in total. The van der Waals surface area contributed by atoms with Crippen LogP contribution in [0, 0.1) is 12.7 Å². The topological polar surface area (TPSA) is 49.4 Å². The van der Waals surface area contributed by atoms with E-state index in [1.807, 2.05) is 24.3 Å². The van der Waals surface area contributed by atoms with E-state index < -0.39 is 17.6 Å². The van der Waals surface area contributed by atoms with E-state index in [-0.39, 0.29) is 16.7 Å². The molecule has 0 aliphatic carbocycles. The number of hydrogen-bond acceptors (Lipinski definition) is 3. The third kappa shape index (κ3) is 4.41. The number of halogens is 2.